The minimum Gasteiger partial charge on any atom is -0.390 e. The Bertz CT molecular complexity index is 1080. The molecule has 2 fully saturated rings. The van der Waals surface area contributed by atoms with Gasteiger partial charge in [-0.05, 0) is 30.3 Å². The molecule has 8 nitrogen and oxygen atoms in total. The van der Waals surface area contributed by atoms with Gasteiger partial charge in [-0.25, -0.2) is 9.97 Å². The molecule has 1 N–H and O–H groups in total. The van der Waals surface area contributed by atoms with Crippen LogP contribution in [0.15, 0.2) is 49.1 Å². The van der Waals surface area contributed by atoms with Crippen molar-refractivity contribution < 1.29 is 9.90 Å². The molecule has 0 spiro atoms. The number of aliphatic hydroxyl groups excluding tert-OH is 1. The maximum atomic E-state index is 12.8. The molecule has 2 aromatic heterocycles. The second kappa shape index (κ2) is 8.37. The van der Waals surface area contributed by atoms with Crippen LogP contribution in [0.1, 0.15) is 10.4 Å². The van der Waals surface area contributed by atoms with E-state index in [0.717, 1.165) is 29.8 Å². The van der Waals surface area contributed by atoms with Crippen LogP contribution >= 0.6 is 11.6 Å². The Kier molecular flexibility index (Phi) is 5.43. The zero-order valence-corrected chi connectivity index (χ0v) is 17.7. The van der Waals surface area contributed by atoms with Crippen molar-refractivity contribution in [2.24, 2.45) is 0 Å². The van der Waals surface area contributed by atoms with Crippen LogP contribution < -0.4 is 4.90 Å². The van der Waals surface area contributed by atoms with Gasteiger partial charge < -0.3 is 14.9 Å². The summed E-state index contributed by atoms with van der Waals surface area (Å²) in [4.78, 5) is 31.9. The molecular formula is C22H23ClN6O2. The second-order valence-electron chi connectivity index (χ2n) is 7.96. The van der Waals surface area contributed by atoms with Gasteiger partial charge in [-0.15, -0.1) is 0 Å². The molecule has 1 aromatic carbocycles. The minimum atomic E-state index is -0.481. The van der Waals surface area contributed by atoms with E-state index >= 15 is 0 Å². The maximum Gasteiger partial charge on any atom is 0.253 e. The van der Waals surface area contributed by atoms with E-state index in [1.807, 2.05) is 11.0 Å². The van der Waals surface area contributed by atoms with Gasteiger partial charge in [0.05, 0.1) is 23.9 Å². The Morgan fingerprint density at radius 2 is 1.81 bits per heavy atom. The molecule has 0 aliphatic carbocycles. The maximum absolute atomic E-state index is 12.8. The van der Waals surface area contributed by atoms with Crippen molar-refractivity contribution in [2.75, 3.05) is 44.2 Å². The first-order valence-electron chi connectivity index (χ1n) is 10.4. The van der Waals surface area contributed by atoms with Gasteiger partial charge in [0.1, 0.15) is 12.1 Å². The van der Waals surface area contributed by atoms with Crippen molar-refractivity contribution in [1.82, 2.24) is 24.8 Å². The molecule has 0 saturated carbocycles. The summed E-state index contributed by atoms with van der Waals surface area (Å²) in [6.45, 7) is 3.91. The molecule has 5 rings (SSSR count). The second-order valence-corrected chi connectivity index (χ2v) is 8.40. The van der Waals surface area contributed by atoms with Gasteiger partial charge in [0.15, 0.2) is 0 Å². The molecule has 1 amide bonds. The highest BCUT2D eigenvalue weighted by molar-refractivity contribution is 6.30. The van der Waals surface area contributed by atoms with Crippen LogP contribution in [0.5, 0.6) is 0 Å². The van der Waals surface area contributed by atoms with Crippen molar-refractivity contribution in [3.8, 4) is 0 Å². The van der Waals surface area contributed by atoms with Gasteiger partial charge in [0, 0.05) is 61.4 Å². The van der Waals surface area contributed by atoms with Crippen LogP contribution in [0.4, 0.5) is 5.82 Å². The number of fused-ring (bicyclic) bond motifs is 1. The van der Waals surface area contributed by atoms with Crippen LogP contribution in [-0.2, 0) is 0 Å². The van der Waals surface area contributed by atoms with Gasteiger partial charge in [0.2, 0.25) is 0 Å². The van der Waals surface area contributed by atoms with E-state index in [-0.39, 0.29) is 11.9 Å². The van der Waals surface area contributed by atoms with Gasteiger partial charge in [-0.1, -0.05) is 11.6 Å². The molecule has 0 radical (unpaired) electrons. The van der Waals surface area contributed by atoms with Gasteiger partial charge in [-0.2, -0.15) is 0 Å². The first-order chi connectivity index (χ1) is 15.1. The normalized spacial score (nSPS) is 22.3. The number of β-amino-alcohol motifs (C(OH)–C–C–N with tert-alkyl or cyclic N) is 1. The summed E-state index contributed by atoms with van der Waals surface area (Å²) in [5, 5.41) is 12.3. The largest absolute Gasteiger partial charge is 0.390 e. The van der Waals surface area contributed by atoms with Gasteiger partial charge in [-0.3, -0.25) is 14.7 Å². The summed E-state index contributed by atoms with van der Waals surface area (Å²) in [6, 6.07) is 8.91. The highest BCUT2D eigenvalue weighted by Gasteiger charge is 2.38. The van der Waals surface area contributed by atoms with E-state index in [9.17, 15) is 9.90 Å². The third-order valence-corrected chi connectivity index (χ3v) is 6.39. The third kappa shape index (κ3) is 3.94. The summed E-state index contributed by atoms with van der Waals surface area (Å²) >= 11 is 5.93. The number of hydrogen-bond donors (Lipinski definition) is 1. The number of carbonyl (C=O) groups is 1. The smallest absolute Gasteiger partial charge is 0.253 e. The molecule has 31 heavy (non-hydrogen) atoms. The molecule has 0 bridgehead atoms. The Morgan fingerprint density at radius 1 is 1.03 bits per heavy atom. The number of aliphatic hydroxyl groups is 1. The lowest BCUT2D eigenvalue weighted by Crippen LogP contribution is -2.54. The van der Waals surface area contributed by atoms with Gasteiger partial charge in [0.25, 0.3) is 5.91 Å². The fourth-order valence-electron chi connectivity index (χ4n) is 4.48. The summed E-state index contributed by atoms with van der Waals surface area (Å²) in [5.74, 6) is 0.844. The van der Waals surface area contributed by atoms with Crippen LogP contribution in [0, 0.1) is 0 Å². The number of benzene rings is 1. The van der Waals surface area contributed by atoms with Crippen molar-refractivity contribution in [1.29, 1.82) is 0 Å². The first-order valence-corrected chi connectivity index (χ1v) is 10.7. The number of hydrogen-bond acceptors (Lipinski definition) is 7. The van der Waals surface area contributed by atoms with Crippen LogP contribution in [0.3, 0.4) is 0 Å². The molecule has 2 atom stereocenters. The van der Waals surface area contributed by atoms with Crippen LogP contribution in [-0.4, -0.2) is 87.2 Å². The molecule has 2 saturated heterocycles. The van der Waals surface area contributed by atoms with E-state index in [4.69, 9.17) is 11.6 Å². The molecule has 9 heteroatoms. The average Bonchev–Trinajstić information content (AvgIpc) is 3.20. The Labute approximate surface area is 185 Å². The number of aromatic nitrogens is 3. The average molecular weight is 439 g/mol. The summed E-state index contributed by atoms with van der Waals surface area (Å²) < 4.78 is 0. The molecule has 0 unspecified atom stereocenters. The minimum absolute atomic E-state index is 0.000337. The van der Waals surface area contributed by atoms with Crippen LogP contribution in [0.2, 0.25) is 5.02 Å². The number of rotatable bonds is 3. The third-order valence-electron chi connectivity index (χ3n) is 6.14. The lowest BCUT2D eigenvalue weighted by Gasteiger charge is -2.38. The molecule has 2 aliphatic rings. The topological polar surface area (TPSA) is 85.7 Å². The van der Waals surface area contributed by atoms with Crippen molar-refractivity contribution >= 4 is 34.2 Å². The molecular weight excluding hydrogens is 416 g/mol. The standard InChI is InChI=1S/C22H23ClN6O2/c23-16-3-1-15(2-4-16)22(31)28-9-7-27(8-10-28)19-12-29(13-20(19)30)21-17-5-6-24-11-18(17)25-14-26-21/h1-6,11,14,19-20,30H,7-10,12-13H2/t19-,20-/m0/s1. The number of carbonyl (C=O) groups excluding carboxylic acids is 1. The zero-order chi connectivity index (χ0) is 21.4. The Balaban J connectivity index is 1.25. The Hall–Kier alpha value is -2.81. The summed E-state index contributed by atoms with van der Waals surface area (Å²) in [5.41, 5.74) is 1.44. The van der Waals surface area contributed by atoms with Crippen molar-refractivity contribution in [3.63, 3.8) is 0 Å². The van der Waals surface area contributed by atoms with E-state index in [0.29, 0.717) is 36.8 Å². The van der Waals surface area contributed by atoms with E-state index < -0.39 is 6.10 Å². The quantitative estimate of drug-likeness (QED) is 0.665. The van der Waals surface area contributed by atoms with E-state index in [2.05, 4.69) is 24.8 Å². The molecule has 4 heterocycles. The van der Waals surface area contributed by atoms with Gasteiger partial charge >= 0.3 is 0 Å². The number of amides is 1. The van der Waals surface area contributed by atoms with E-state index in [1.54, 1.807) is 43.0 Å². The first kappa shape index (κ1) is 20.1. The lowest BCUT2D eigenvalue weighted by molar-refractivity contribution is 0.0376. The number of nitrogens with zero attached hydrogens (tertiary/aromatic N) is 6. The summed E-state index contributed by atoms with van der Waals surface area (Å²) in [6.07, 6.45) is 4.52. The highest BCUT2D eigenvalue weighted by atomic mass is 35.5. The predicted molar refractivity (Wildman–Crippen MR) is 118 cm³/mol. The van der Waals surface area contributed by atoms with Crippen molar-refractivity contribution in [3.05, 3.63) is 59.6 Å². The molecule has 2 aliphatic heterocycles. The molecule has 3 aromatic rings. The number of piperazine rings is 1. The predicted octanol–water partition coefficient (Wildman–Crippen LogP) is 1.69. The lowest BCUT2D eigenvalue weighted by atomic mass is 10.1. The fraction of sp³-hybridized carbons (Fsp3) is 0.364. The SMILES string of the molecule is O=C(c1ccc(Cl)cc1)N1CCN([C@H]2CN(c3ncnc4cnccc34)C[C@@H]2O)CC1. The fourth-order valence-corrected chi connectivity index (χ4v) is 4.60. The number of halogens is 1. The number of anilines is 1. The Morgan fingerprint density at radius 3 is 2.58 bits per heavy atom. The molecule has 160 valence electrons. The summed E-state index contributed by atoms with van der Waals surface area (Å²) in [7, 11) is 0. The van der Waals surface area contributed by atoms with Crippen molar-refractivity contribution in [2.45, 2.75) is 12.1 Å². The monoisotopic (exact) mass is 438 g/mol. The number of pyridine rings is 1. The highest BCUT2D eigenvalue weighted by Crippen LogP contribution is 2.28. The zero-order valence-electron chi connectivity index (χ0n) is 16.9. The van der Waals surface area contributed by atoms with E-state index in [1.165, 1.54) is 0 Å². The van der Waals surface area contributed by atoms with Crippen LogP contribution in [0.25, 0.3) is 10.9 Å².